The third kappa shape index (κ3) is 3.10. The molecule has 1 N–H and O–H groups in total. The summed E-state index contributed by atoms with van der Waals surface area (Å²) in [6.07, 6.45) is 1.94. The molecule has 0 bridgehead atoms. The zero-order valence-corrected chi connectivity index (χ0v) is 7.91. The number of hydrogen-bond acceptors (Lipinski definition) is 3. The van der Waals surface area contributed by atoms with Crippen molar-refractivity contribution in [2.45, 2.75) is 13.8 Å². The molecule has 4 heteroatoms. The Morgan fingerprint density at radius 1 is 1.64 bits per heavy atom. The molecular weight excluding hydrogens is 165 g/mol. The van der Waals surface area contributed by atoms with E-state index in [0.717, 1.165) is 5.75 Å². The minimum atomic E-state index is -0.677. The van der Waals surface area contributed by atoms with Gasteiger partial charge in [-0.15, -0.1) is 0 Å². The highest BCUT2D eigenvalue weighted by Crippen LogP contribution is 2.22. The van der Waals surface area contributed by atoms with Gasteiger partial charge in [-0.2, -0.15) is 11.8 Å². The van der Waals surface area contributed by atoms with E-state index in [-0.39, 0.29) is 11.1 Å². The molecule has 0 aliphatic rings. The maximum absolute atomic E-state index is 12.2. The van der Waals surface area contributed by atoms with Crippen LogP contribution in [-0.2, 0) is 0 Å². The largest absolute Gasteiger partial charge is 0.411 e. The van der Waals surface area contributed by atoms with Gasteiger partial charge < -0.3 is 5.21 Å². The number of hydrogen-bond donors (Lipinski definition) is 1. The number of alkyl halides is 1. The van der Waals surface area contributed by atoms with Crippen molar-refractivity contribution >= 4 is 17.5 Å². The summed E-state index contributed by atoms with van der Waals surface area (Å²) in [5.74, 6) is 0.760. The summed E-state index contributed by atoms with van der Waals surface area (Å²) in [6.45, 7) is 3.04. The lowest BCUT2D eigenvalue weighted by Crippen LogP contribution is -2.28. The molecule has 0 unspecified atom stereocenters. The molecule has 0 amide bonds. The van der Waals surface area contributed by atoms with E-state index in [2.05, 4.69) is 5.16 Å². The number of nitrogens with zero attached hydrogens (tertiary/aromatic N) is 1. The van der Waals surface area contributed by atoms with E-state index in [0.29, 0.717) is 0 Å². The predicted molar refractivity (Wildman–Crippen MR) is 47.4 cm³/mol. The van der Waals surface area contributed by atoms with Crippen LogP contribution < -0.4 is 0 Å². The fourth-order valence-corrected chi connectivity index (χ4v) is 1.68. The lowest BCUT2D eigenvalue weighted by Gasteiger charge is -2.22. The third-order valence-corrected chi connectivity index (χ3v) is 2.54. The Bertz CT molecular complexity index is 147. The Kier molecular flexibility index (Phi) is 4.49. The van der Waals surface area contributed by atoms with Crippen LogP contribution in [0.3, 0.4) is 0 Å². The molecule has 0 fully saturated rings. The van der Waals surface area contributed by atoms with E-state index in [9.17, 15) is 4.39 Å². The van der Waals surface area contributed by atoms with Crippen LogP contribution in [0.5, 0.6) is 0 Å². The first kappa shape index (κ1) is 10.8. The zero-order chi connectivity index (χ0) is 8.91. The van der Waals surface area contributed by atoms with Crippen molar-refractivity contribution in [2.24, 2.45) is 10.6 Å². The molecule has 0 aromatic carbocycles. The van der Waals surface area contributed by atoms with Gasteiger partial charge in [-0.1, -0.05) is 19.0 Å². The van der Waals surface area contributed by atoms with Gasteiger partial charge in [0.25, 0.3) is 0 Å². The van der Waals surface area contributed by atoms with Crippen molar-refractivity contribution in [3.05, 3.63) is 0 Å². The monoisotopic (exact) mass is 179 g/mol. The molecule has 0 saturated heterocycles. The van der Waals surface area contributed by atoms with Gasteiger partial charge in [0.2, 0.25) is 0 Å². The summed E-state index contributed by atoms with van der Waals surface area (Å²) in [7, 11) is 0. The summed E-state index contributed by atoms with van der Waals surface area (Å²) >= 11 is 1.61. The van der Waals surface area contributed by atoms with Gasteiger partial charge in [0, 0.05) is 11.2 Å². The van der Waals surface area contributed by atoms with Gasteiger partial charge in [0.1, 0.15) is 6.67 Å². The van der Waals surface area contributed by atoms with Crippen LogP contribution in [0.2, 0.25) is 0 Å². The first-order valence-electron chi connectivity index (χ1n) is 3.34. The van der Waals surface area contributed by atoms with Crippen LogP contribution in [0, 0.1) is 5.41 Å². The van der Waals surface area contributed by atoms with Crippen LogP contribution in [0.4, 0.5) is 4.39 Å². The van der Waals surface area contributed by atoms with Gasteiger partial charge in [-0.05, 0) is 6.26 Å². The molecule has 0 radical (unpaired) electrons. The Labute approximate surface area is 70.9 Å². The summed E-state index contributed by atoms with van der Waals surface area (Å²) in [4.78, 5) is 0. The second-order valence-corrected chi connectivity index (χ2v) is 3.86. The minimum absolute atomic E-state index is 0.215. The molecule has 0 aromatic heterocycles. The van der Waals surface area contributed by atoms with Crippen molar-refractivity contribution in [3.63, 3.8) is 0 Å². The van der Waals surface area contributed by atoms with Crippen molar-refractivity contribution < 1.29 is 9.60 Å². The average Bonchev–Trinajstić information content (AvgIpc) is 1.89. The smallest absolute Gasteiger partial charge is 0.131 e. The maximum atomic E-state index is 12.2. The fourth-order valence-electron chi connectivity index (χ4n) is 0.787. The van der Waals surface area contributed by atoms with Crippen LogP contribution >= 0.6 is 11.8 Å². The molecule has 0 aromatic rings. The van der Waals surface area contributed by atoms with E-state index in [1.807, 2.05) is 20.1 Å². The third-order valence-electron chi connectivity index (χ3n) is 1.53. The zero-order valence-electron chi connectivity index (χ0n) is 7.09. The van der Waals surface area contributed by atoms with E-state index in [4.69, 9.17) is 5.21 Å². The first-order valence-corrected chi connectivity index (χ1v) is 4.74. The summed E-state index contributed by atoms with van der Waals surface area (Å²) < 4.78 is 12.2. The van der Waals surface area contributed by atoms with Crippen molar-refractivity contribution in [1.29, 1.82) is 0 Å². The Morgan fingerprint density at radius 2 is 2.18 bits per heavy atom. The molecule has 0 saturated carbocycles. The van der Waals surface area contributed by atoms with E-state index in [1.54, 1.807) is 11.8 Å². The van der Waals surface area contributed by atoms with Gasteiger partial charge >= 0.3 is 0 Å². The van der Waals surface area contributed by atoms with Crippen LogP contribution in [-0.4, -0.2) is 29.6 Å². The lowest BCUT2D eigenvalue weighted by atomic mass is 9.90. The summed E-state index contributed by atoms with van der Waals surface area (Å²) in [6, 6.07) is 0. The Balaban J connectivity index is 4.25. The highest BCUT2D eigenvalue weighted by atomic mass is 32.2. The second kappa shape index (κ2) is 4.59. The molecule has 11 heavy (non-hydrogen) atoms. The summed E-state index contributed by atoms with van der Waals surface area (Å²) in [5.41, 5.74) is -0.130. The van der Waals surface area contributed by atoms with Crippen LogP contribution in [0.25, 0.3) is 0 Å². The molecule has 0 aliphatic heterocycles. The fraction of sp³-hybridized carbons (Fsp3) is 0.857. The molecule has 0 aliphatic carbocycles. The van der Waals surface area contributed by atoms with Gasteiger partial charge in [-0.25, -0.2) is 4.39 Å². The molecule has 0 spiro atoms. The lowest BCUT2D eigenvalue weighted by molar-refractivity contribution is 0.306. The van der Waals surface area contributed by atoms with Crippen LogP contribution in [0.1, 0.15) is 13.8 Å². The molecule has 66 valence electrons. The molecule has 0 rings (SSSR count). The first-order chi connectivity index (χ1) is 5.08. The van der Waals surface area contributed by atoms with Crippen LogP contribution in [0.15, 0.2) is 5.16 Å². The number of oxime groups is 1. The normalized spacial score (nSPS) is 13.6. The van der Waals surface area contributed by atoms with E-state index >= 15 is 0 Å². The summed E-state index contributed by atoms with van der Waals surface area (Å²) in [5, 5.41) is 11.4. The second-order valence-electron chi connectivity index (χ2n) is 3.00. The predicted octanol–water partition coefficient (Wildman–Crippen LogP) is 2.18. The van der Waals surface area contributed by atoms with Gasteiger partial charge in [-0.3, -0.25) is 0 Å². The Morgan fingerprint density at radius 3 is 2.45 bits per heavy atom. The van der Waals surface area contributed by atoms with Crippen molar-refractivity contribution in [1.82, 2.24) is 0 Å². The number of thioether (sulfide) groups is 1. The van der Waals surface area contributed by atoms with Crippen molar-refractivity contribution in [3.8, 4) is 0 Å². The molecule has 2 nitrogen and oxygen atoms in total. The van der Waals surface area contributed by atoms with E-state index in [1.165, 1.54) is 0 Å². The highest BCUT2D eigenvalue weighted by Gasteiger charge is 2.24. The molecule has 0 heterocycles. The maximum Gasteiger partial charge on any atom is 0.131 e. The van der Waals surface area contributed by atoms with Gasteiger partial charge in [0.15, 0.2) is 0 Å². The number of halogens is 1. The SMILES string of the molecule is CSCC(C)(C)/C(CF)=N\O. The number of rotatable bonds is 4. The van der Waals surface area contributed by atoms with Crippen molar-refractivity contribution in [2.75, 3.05) is 18.7 Å². The molecular formula is C7H14FNOS. The highest BCUT2D eigenvalue weighted by molar-refractivity contribution is 7.98. The minimum Gasteiger partial charge on any atom is -0.411 e. The standard InChI is InChI=1S/C7H14FNOS/c1-7(2,5-11-3)6(4-8)9-10/h10H,4-5H2,1-3H3/b9-6-. The molecule has 0 atom stereocenters. The quantitative estimate of drug-likeness (QED) is 0.407. The van der Waals surface area contributed by atoms with E-state index < -0.39 is 6.67 Å². The average molecular weight is 179 g/mol. The topological polar surface area (TPSA) is 32.6 Å². The Hall–Kier alpha value is -0.250. The van der Waals surface area contributed by atoms with Gasteiger partial charge in [0.05, 0.1) is 5.71 Å².